The first-order valence-electron chi connectivity index (χ1n) is 9.76. The Labute approximate surface area is 183 Å². The molecule has 1 aromatic heterocycles. The van der Waals surface area contributed by atoms with E-state index >= 15 is 0 Å². The van der Waals surface area contributed by atoms with E-state index in [-0.39, 0.29) is 0 Å². The van der Waals surface area contributed by atoms with Gasteiger partial charge in [0.15, 0.2) is 0 Å². The van der Waals surface area contributed by atoms with Gasteiger partial charge in [0.25, 0.3) is 0 Å². The second-order valence-electron chi connectivity index (χ2n) is 7.55. The summed E-state index contributed by atoms with van der Waals surface area (Å²) in [7, 11) is 0. The lowest BCUT2D eigenvalue weighted by Crippen LogP contribution is -1.90. The Balaban J connectivity index is 1.74. The van der Waals surface area contributed by atoms with E-state index in [2.05, 4.69) is 59.6 Å². The van der Waals surface area contributed by atoms with Crippen molar-refractivity contribution in [3.05, 3.63) is 101 Å². The van der Waals surface area contributed by atoms with Crippen LogP contribution in [0.15, 0.2) is 91.3 Å². The van der Waals surface area contributed by atoms with Crippen LogP contribution in [0.3, 0.4) is 0 Å². The maximum Gasteiger partial charge on any atom is 0.0426 e. The molecule has 30 heavy (non-hydrogen) atoms. The number of halogens is 2. The van der Waals surface area contributed by atoms with Crippen LogP contribution in [-0.4, -0.2) is 4.98 Å². The van der Waals surface area contributed by atoms with Gasteiger partial charge in [-0.25, -0.2) is 0 Å². The van der Waals surface area contributed by atoms with Gasteiger partial charge in [0, 0.05) is 28.0 Å². The lowest BCUT2D eigenvalue weighted by Gasteiger charge is -2.16. The predicted molar refractivity (Wildman–Crippen MR) is 129 cm³/mol. The number of aromatic nitrogens is 1. The maximum absolute atomic E-state index is 6.30. The zero-order valence-electron chi connectivity index (χ0n) is 15.9. The van der Waals surface area contributed by atoms with E-state index in [1.807, 2.05) is 30.6 Å². The second-order valence-corrected chi connectivity index (χ2v) is 8.42. The molecule has 142 valence electrons. The van der Waals surface area contributed by atoms with Gasteiger partial charge in [0.2, 0.25) is 0 Å². The van der Waals surface area contributed by atoms with Crippen LogP contribution in [0, 0.1) is 0 Å². The molecular weight excluding hydrogens is 409 g/mol. The average Bonchev–Trinajstić information content (AvgIpc) is 2.77. The fourth-order valence-corrected chi connectivity index (χ4v) is 5.06. The largest absolute Gasteiger partial charge is 0.264 e. The van der Waals surface area contributed by atoms with Crippen LogP contribution in [0.4, 0.5) is 0 Å². The summed E-state index contributed by atoms with van der Waals surface area (Å²) < 4.78 is 0. The Morgan fingerprint density at radius 3 is 1.70 bits per heavy atom. The lowest BCUT2D eigenvalue weighted by atomic mass is 9.87. The molecule has 0 bridgehead atoms. The molecule has 0 fully saturated rings. The minimum Gasteiger partial charge on any atom is -0.264 e. The van der Waals surface area contributed by atoms with Gasteiger partial charge in [0.1, 0.15) is 0 Å². The molecule has 1 heterocycles. The van der Waals surface area contributed by atoms with E-state index in [1.165, 1.54) is 37.9 Å². The first-order valence-corrected chi connectivity index (χ1v) is 10.5. The molecule has 0 spiro atoms. The van der Waals surface area contributed by atoms with Crippen molar-refractivity contribution >= 4 is 55.5 Å². The molecule has 0 saturated heterocycles. The number of benzene rings is 5. The summed E-state index contributed by atoms with van der Waals surface area (Å²) in [5, 5.41) is 8.72. The number of nitrogens with zero attached hydrogens (tertiary/aromatic N) is 1. The highest BCUT2D eigenvalue weighted by molar-refractivity contribution is 6.35. The van der Waals surface area contributed by atoms with E-state index < -0.39 is 0 Å². The summed E-state index contributed by atoms with van der Waals surface area (Å²) in [4.78, 5) is 4.32. The van der Waals surface area contributed by atoms with Crippen LogP contribution >= 0.6 is 23.2 Å². The van der Waals surface area contributed by atoms with Gasteiger partial charge in [0.05, 0.1) is 0 Å². The van der Waals surface area contributed by atoms with Crippen LogP contribution in [-0.2, 0) is 0 Å². The Kier molecular flexibility index (Phi) is 3.95. The molecule has 6 aromatic rings. The summed E-state index contributed by atoms with van der Waals surface area (Å²) >= 11 is 12.6. The normalized spacial score (nSPS) is 11.7. The molecule has 0 N–H and O–H groups in total. The van der Waals surface area contributed by atoms with Crippen molar-refractivity contribution in [2.24, 2.45) is 0 Å². The highest BCUT2D eigenvalue weighted by atomic mass is 35.5. The molecule has 0 atom stereocenters. The molecule has 0 aliphatic heterocycles. The van der Waals surface area contributed by atoms with Crippen molar-refractivity contribution in [2.45, 2.75) is 0 Å². The topological polar surface area (TPSA) is 12.9 Å². The zero-order valence-corrected chi connectivity index (χ0v) is 17.4. The molecule has 3 heteroatoms. The predicted octanol–water partition coefficient (Wildman–Crippen LogP) is 8.62. The SMILES string of the molecule is Clc1cc(Cl)cc(-c2ccc3ccc4ccc(-c5cccnc5)c5ccc2c3c45)c1. The zero-order chi connectivity index (χ0) is 20.2. The van der Waals surface area contributed by atoms with Crippen molar-refractivity contribution < 1.29 is 0 Å². The monoisotopic (exact) mass is 423 g/mol. The summed E-state index contributed by atoms with van der Waals surface area (Å²) in [5.74, 6) is 0. The third-order valence-electron chi connectivity index (χ3n) is 5.81. The minimum absolute atomic E-state index is 0.641. The Bertz CT molecular complexity index is 1530. The third-order valence-corrected chi connectivity index (χ3v) is 6.25. The highest BCUT2D eigenvalue weighted by Gasteiger charge is 2.15. The molecule has 0 unspecified atom stereocenters. The van der Waals surface area contributed by atoms with Gasteiger partial charge in [-0.05, 0) is 73.3 Å². The molecule has 0 saturated carbocycles. The van der Waals surface area contributed by atoms with Crippen LogP contribution in [0.5, 0.6) is 0 Å². The van der Waals surface area contributed by atoms with Gasteiger partial charge >= 0.3 is 0 Å². The minimum atomic E-state index is 0.641. The smallest absolute Gasteiger partial charge is 0.0426 e. The van der Waals surface area contributed by atoms with Crippen molar-refractivity contribution in [1.82, 2.24) is 4.98 Å². The van der Waals surface area contributed by atoms with Crippen LogP contribution < -0.4 is 0 Å². The van der Waals surface area contributed by atoms with Crippen LogP contribution in [0.25, 0.3) is 54.6 Å². The Hall–Kier alpha value is -3.13. The Morgan fingerprint density at radius 2 is 1.13 bits per heavy atom. The fourth-order valence-electron chi connectivity index (χ4n) is 4.54. The van der Waals surface area contributed by atoms with Gasteiger partial charge in [-0.15, -0.1) is 0 Å². The molecule has 1 nitrogen and oxygen atoms in total. The summed E-state index contributed by atoms with van der Waals surface area (Å²) in [6.45, 7) is 0. The highest BCUT2D eigenvalue weighted by Crippen LogP contribution is 2.42. The van der Waals surface area contributed by atoms with E-state index in [0.717, 1.165) is 16.7 Å². The van der Waals surface area contributed by atoms with Gasteiger partial charge in [-0.2, -0.15) is 0 Å². The van der Waals surface area contributed by atoms with E-state index in [9.17, 15) is 0 Å². The molecule has 0 amide bonds. The maximum atomic E-state index is 6.30. The number of rotatable bonds is 2. The van der Waals surface area contributed by atoms with Gasteiger partial charge < -0.3 is 0 Å². The summed E-state index contributed by atoms with van der Waals surface area (Å²) in [5.41, 5.74) is 4.48. The van der Waals surface area contributed by atoms with E-state index in [4.69, 9.17) is 23.2 Å². The standard InChI is InChI=1S/C27H15Cl2N/c28-20-12-19(13-21(29)14-20)23-8-6-17-4-3-16-5-7-22(18-2-1-11-30-15-18)24-9-10-25(23)27(17)26(16)24/h1-15H. The van der Waals surface area contributed by atoms with Crippen LogP contribution in [0.1, 0.15) is 0 Å². The molecule has 0 aliphatic carbocycles. The molecule has 0 radical (unpaired) electrons. The van der Waals surface area contributed by atoms with Crippen molar-refractivity contribution in [1.29, 1.82) is 0 Å². The van der Waals surface area contributed by atoms with Crippen molar-refractivity contribution in [2.75, 3.05) is 0 Å². The molecular formula is C27H15Cl2N. The average molecular weight is 424 g/mol. The van der Waals surface area contributed by atoms with Crippen molar-refractivity contribution in [3.8, 4) is 22.3 Å². The second kappa shape index (κ2) is 6.70. The summed E-state index contributed by atoms with van der Waals surface area (Å²) in [6, 6.07) is 27.4. The molecule has 0 aliphatic rings. The first kappa shape index (κ1) is 17.7. The third kappa shape index (κ3) is 2.67. The summed E-state index contributed by atoms with van der Waals surface area (Å²) in [6.07, 6.45) is 3.73. The number of hydrogen-bond acceptors (Lipinski definition) is 1. The lowest BCUT2D eigenvalue weighted by molar-refractivity contribution is 1.33. The van der Waals surface area contributed by atoms with Crippen LogP contribution in [0.2, 0.25) is 10.0 Å². The molecule has 6 rings (SSSR count). The van der Waals surface area contributed by atoms with Gasteiger partial charge in [-0.1, -0.05) is 77.8 Å². The number of hydrogen-bond donors (Lipinski definition) is 0. The Morgan fingerprint density at radius 1 is 0.567 bits per heavy atom. The fraction of sp³-hybridized carbons (Fsp3) is 0. The van der Waals surface area contributed by atoms with Gasteiger partial charge in [-0.3, -0.25) is 4.98 Å². The number of pyridine rings is 1. The van der Waals surface area contributed by atoms with Crippen molar-refractivity contribution in [3.63, 3.8) is 0 Å². The quantitative estimate of drug-likeness (QED) is 0.254. The van der Waals surface area contributed by atoms with E-state index in [0.29, 0.717) is 10.0 Å². The van der Waals surface area contributed by atoms with E-state index in [1.54, 1.807) is 6.07 Å². The molecule has 5 aromatic carbocycles. The first-order chi connectivity index (χ1) is 14.7.